The van der Waals surface area contributed by atoms with E-state index in [1.807, 2.05) is 13.0 Å². The first kappa shape index (κ1) is 10.1. The lowest BCUT2D eigenvalue weighted by Crippen LogP contribution is -2.11. The number of aryl methyl sites for hydroxylation is 1. The topological polar surface area (TPSA) is 54.9 Å². The van der Waals surface area contributed by atoms with Crippen LogP contribution in [-0.4, -0.2) is 33.0 Å². The number of nitrogens with zero attached hydrogens (tertiary/aromatic N) is 2. The summed E-state index contributed by atoms with van der Waals surface area (Å²) in [4.78, 5) is 0. The Morgan fingerprint density at radius 2 is 2.38 bits per heavy atom. The second-order valence-corrected chi connectivity index (χ2v) is 4.38. The van der Waals surface area contributed by atoms with Crippen molar-refractivity contribution in [1.29, 1.82) is 0 Å². The molecule has 0 saturated carbocycles. The standard InChI is InChI=1S/C8H13N3OS/c1-7-5-8(11-10-6-7)9-3-4-13(2)12/h5-6H,3-4H2,1-2H3,(H,9,11). The highest BCUT2D eigenvalue weighted by atomic mass is 32.2. The molecule has 5 heteroatoms. The number of hydrogen-bond acceptors (Lipinski definition) is 4. The van der Waals surface area contributed by atoms with Gasteiger partial charge in [-0.2, -0.15) is 5.10 Å². The largest absolute Gasteiger partial charge is 0.368 e. The SMILES string of the molecule is Cc1cnnc(NCCS(C)=O)c1. The average Bonchev–Trinajstić information content (AvgIpc) is 2.03. The molecule has 1 atom stereocenters. The van der Waals surface area contributed by atoms with Crippen molar-refractivity contribution in [3.05, 3.63) is 17.8 Å². The lowest BCUT2D eigenvalue weighted by atomic mass is 10.3. The van der Waals surface area contributed by atoms with Gasteiger partial charge in [-0.05, 0) is 18.6 Å². The molecule has 0 radical (unpaired) electrons. The third kappa shape index (κ3) is 3.98. The van der Waals surface area contributed by atoms with Crippen LogP contribution in [0.1, 0.15) is 5.56 Å². The zero-order valence-electron chi connectivity index (χ0n) is 7.78. The van der Waals surface area contributed by atoms with Gasteiger partial charge in [-0.15, -0.1) is 5.10 Å². The lowest BCUT2D eigenvalue weighted by molar-refractivity contribution is 0.687. The summed E-state index contributed by atoms with van der Waals surface area (Å²) >= 11 is 0. The van der Waals surface area contributed by atoms with Crippen LogP contribution in [0.5, 0.6) is 0 Å². The molecule has 0 spiro atoms. The molecule has 0 bridgehead atoms. The molecule has 0 amide bonds. The van der Waals surface area contributed by atoms with Gasteiger partial charge in [0.15, 0.2) is 0 Å². The van der Waals surface area contributed by atoms with Crippen molar-refractivity contribution in [3.63, 3.8) is 0 Å². The summed E-state index contributed by atoms with van der Waals surface area (Å²) in [6, 6.07) is 1.91. The van der Waals surface area contributed by atoms with E-state index in [4.69, 9.17) is 0 Å². The predicted octanol–water partition coefficient (Wildman–Crippen LogP) is 0.575. The minimum Gasteiger partial charge on any atom is -0.368 e. The van der Waals surface area contributed by atoms with Crippen LogP contribution in [0.4, 0.5) is 5.82 Å². The molecule has 1 N–H and O–H groups in total. The molecule has 0 saturated heterocycles. The Labute approximate surface area is 80.2 Å². The Kier molecular flexibility index (Phi) is 3.82. The van der Waals surface area contributed by atoms with Crippen LogP contribution in [-0.2, 0) is 10.8 Å². The highest BCUT2D eigenvalue weighted by Gasteiger charge is 1.95. The van der Waals surface area contributed by atoms with E-state index in [-0.39, 0.29) is 0 Å². The maximum atomic E-state index is 10.7. The van der Waals surface area contributed by atoms with E-state index in [9.17, 15) is 4.21 Å². The molecule has 72 valence electrons. The van der Waals surface area contributed by atoms with Gasteiger partial charge in [-0.25, -0.2) is 0 Å². The fourth-order valence-electron chi connectivity index (χ4n) is 0.873. The second kappa shape index (κ2) is 4.91. The monoisotopic (exact) mass is 199 g/mol. The van der Waals surface area contributed by atoms with Gasteiger partial charge in [0, 0.05) is 29.4 Å². The molecule has 0 aromatic carbocycles. The van der Waals surface area contributed by atoms with E-state index in [1.54, 1.807) is 12.5 Å². The summed E-state index contributed by atoms with van der Waals surface area (Å²) < 4.78 is 10.7. The van der Waals surface area contributed by atoms with Gasteiger partial charge < -0.3 is 5.32 Å². The van der Waals surface area contributed by atoms with Crippen LogP contribution in [0, 0.1) is 6.92 Å². The van der Waals surface area contributed by atoms with E-state index < -0.39 is 10.8 Å². The van der Waals surface area contributed by atoms with Crippen LogP contribution >= 0.6 is 0 Å². The zero-order chi connectivity index (χ0) is 9.68. The fourth-order valence-corrected chi connectivity index (χ4v) is 1.26. The highest BCUT2D eigenvalue weighted by molar-refractivity contribution is 7.84. The minimum atomic E-state index is -0.755. The number of hydrogen-bond donors (Lipinski definition) is 1. The van der Waals surface area contributed by atoms with Crippen LogP contribution < -0.4 is 5.32 Å². The molecular weight excluding hydrogens is 186 g/mol. The zero-order valence-corrected chi connectivity index (χ0v) is 8.60. The fraction of sp³-hybridized carbons (Fsp3) is 0.500. The third-order valence-electron chi connectivity index (χ3n) is 1.49. The van der Waals surface area contributed by atoms with E-state index in [2.05, 4.69) is 15.5 Å². The van der Waals surface area contributed by atoms with Gasteiger partial charge in [-0.1, -0.05) is 0 Å². The maximum absolute atomic E-state index is 10.7. The molecule has 0 aliphatic heterocycles. The molecule has 1 aromatic rings. The number of anilines is 1. The molecule has 13 heavy (non-hydrogen) atoms. The molecular formula is C8H13N3OS. The summed E-state index contributed by atoms with van der Waals surface area (Å²) in [7, 11) is -0.755. The maximum Gasteiger partial charge on any atom is 0.148 e. The van der Waals surface area contributed by atoms with Gasteiger partial charge in [0.25, 0.3) is 0 Å². The van der Waals surface area contributed by atoms with Crippen LogP contribution in [0.25, 0.3) is 0 Å². The molecule has 0 fully saturated rings. The first-order valence-electron chi connectivity index (χ1n) is 4.01. The van der Waals surface area contributed by atoms with Crippen molar-refractivity contribution >= 4 is 16.6 Å². The van der Waals surface area contributed by atoms with Crippen LogP contribution in [0.3, 0.4) is 0 Å². The van der Waals surface area contributed by atoms with Crippen molar-refractivity contribution in [3.8, 4) is 0 Å². The molecule has 1 unspecified atom stereocenters. The van der Waals surface area contributed by atoms with Gasteiger partial charge in [-0.3, -0.25) is 4.21 Å². The van der Waals surface area contributed by atoms with E-state index in [1.165, 1.54) is 0 Å². The van der Waals surface area contributed by atoms with Crippen LogP contribution in [0.15, 0.2) is 12.3 Å². The minimum absolute atomic E-state index is 0.635. The summed E-state index contributed by atoms with van der Waals surface area (Å²) in [6.07, 6.45) is 3.38. The number of nitrogens with one attached hydrogen (secondary N) is 1. The van der Waals surface area contributed by atoms with Crippen molar-refractivity contribution < 1.29 is 4.21 Å². The summed E-state index contributed by atoms with van der Waals surface area (Å²) in [5.74, 6) is 1.38. The molecule has 4 nitrogen and oxygen atoms in total. The van der Waals surface area contributed by atoms with Crippen molar-refractivity contribution in [1.82, 2.24) is 10.2 Å². The molecule has 1 heterocycles. The van der Waals surface area contributed by atoms with Crippen molar-refractivity contribution in [2.45, 2.75) is 6.92 Å². The van der Waals surface area contributed by atoms with Gasteiger partial charge >= 0.3 is 0 Å². The normalized spacial score (nSPS) is 12.5. The predicted molar refractivity (Wildman–Crippen MR) is 54.2 cm³/mol. The summed E-state index contributed by atoms with van der Waals surface area (Å²) in [5.41, 5.74) is 1.06. The third-order valence-corrected chi connectivity index (χ3v) is 2.27. The Bertz CT molecular complexity index is 303. The molecule has 1 aromatic heterocycles. The van der Waals surface area contributed by atoms with Gasteiger partial charge in [0.1, 0.15) is 5.82 Å². The first-order chi connectivity index (χ1) is 6.18. The van der Waals surface area contributed by atoms with Crippen LogP contribution in [0.2, 0.25) is 0 Å². The Balaban J connectivity index is 2.41. The van der Waals surface area contributed by atoms with Gasteiger partial charge in [0.2, 0.25) is 0 Å². The van der Waals surface area contributed by atoms with Gasteiger partial charge in [0.05, 0.1) is 6.20 Å². The smallest absolute Gasteiger partial charge is 0.148 e. The van der Waals surface area contributed by atoms with Crippen molar-refractivity contribution in [2.24, 2.45) is 0 Å². The lowest BCUT2D eigenvalue weighted by Gasteiger charge is -2.02. The Morgan fingerprint density at radius 3 is 3.00 bits per heavy atom. The Morgan fingerprint density at radius 1 is 1.62 bits per heavy atom. The summed E-state index contributed by atoms with van der Waals surface area (Å²) in [6.45, 7) is 2.62. The quantitative estimate of drug-likeness (QED) is 0.770. The molecule has 0 aliphatic rings. The molecule has 1 rings (SSSR count). The summed E-state index contributed by atoms with van der Waals surface area (Å²) in [5, 5.41) is 10.7. The van der Waals surface area contributed by atoms with E-state index in [0.29, 0.717) is 12.3 Å². The van der Waals surface area contributed by atoms with Crippen molar-refractivity contribution in [2.75, 3.05) is 23.9 Å². The second-order valence-electron chi connectivity index (χ2n) is 2.82. The number of aromatic nitrogens is 2. The van der Waals surface area contributed by atoms with E-state index >= 15 is 0 Å². The number of rotatable bonds is 4. The van der Waals surface area contributed by atoms with E-state index in [0.717, 1.165) is 11.4 Å². The Hall–Kier alpha value is -0.970. The molecule has 0 aliphatic carbocycles. The highest BCUT2D eigenvalue weighted by Crippen LogP contribution is 2.02. The average molecular weight is 199 g/mol. The first-order valence-corrected chi connectivity index (χ1v) is 5.74.